The van der Waals surface area contributed by atoms with Gasteiger partial charge >= 0.3 is 0 Å². The van der Waals surface area contributed by atoms with Crippen LogP contribution in [0.4, 0.5) is 20.2 Å². The molecule has 3 aromatic rings. The number of nitrogens with zero attached hydrogens (tertiary/aromatic N) is 1. The molecule has 2 aromatic carbocycles. The second-order valence-electron chi connectivity index (χ2n) is 6.02. The maximum atomic E-state index is 14.2. The fourth-order valence-electron chi connectivity index (χ4n) is 3.00. The zero-order valence-electron chi connectivity index (χ0n) is 13.9. The number of anilines is 2. The van der Waals surface area contributed by atoms with Gasteiger partial charge in [-0.2, -0.15) is 0 Å². The first-order chi connectivity index (χ1) is 13.1. The minimum absolute atomic E-state index is 0.0906. The van der Waals surface area contributed by atoms with Crippen LogP contribution in [0.15, 0.2) is 48.5 Å². The van der Waals surface area contributed by atoms with Crippen molar-refractivity contribution in [3.63, 3.8) is 0 Å². The van der Waals surface area contributed by atoms with Crippen LogP contribution in [0.5, 0.6) is 0 Å². The van der Waals surface area contributed by atoms with E-state index in [1.165, 1.54) is 12.1 Å². The van der Waals surface area contributed by atoms with Gasteiger partial charge in [0.25, 0.3) is 5.91 Å². The predicted molar refractivity (Wildman–Crippen MR) is 95.9 cm³/mol. The molecule has 1 aliphatic rings. The summed E-state index contributed by atoms with van der Waals surface area (Å²) < 4.78 is 28.4. The molecule has 0 saturated heterocycles. The number of hydrogen-bond acceptors (Lipinski definition) is 4. The van der Waals surface area contributed by atoms with E-state index in [9.17, 15) is 18.4 Å². The second-order valence-corrected chi connectivity index (χ2v) is 6.02. The lowest BCUT2D eigenvalue weighted by molar-refractivity contribution is 0.0966. The molecule has 0 spiro atoms. The van der Waals surface area contributed by atoms with E-state index in [0.29, 0.717) is 28.2 Å². The Morgan fingerprint density at radius 1 is 1.04 bits per heavy atom. The van der Waals surface area contributed by atoms with Crippen LogP contribution in [0, 0.1) is 11.6 Å². The Kier molecular flexibility index (Phi) is 4.12. The molecule has 0 unspecified atom stereocenters. The third-order valence-corrected chi connectivity index (χ3v) is 4.28. The van der Waals surface area contributed by atoms with E-state index >= 15 is 0 Å². The molecular weight excluding hydrogens is 352 g/mol. The first kappa shape index (κ1) is 16.8. The molecule has 0 radical (unpaired) electrons. The average Bonchev–Trinajstić information content (AvgIpc) is 3.03. The van der Waals surface area contributed by atoms with Crippen molar-refractivity contribution in [1.29, 1.82) is 0 Å². The molecule has 1 aliphatic heterocycles. The van der Waals surface area contributed by atoms with Crippen molar-refractivity contribution in [3.05, 3.63) is 77.0 Å². The Morgan fingerprint density at radius 3 is 2.41 bits per heavy atom. The van der Waals surface area contributed by atoms with Crippen molar-refractivity contribution in [1.82, 2.24) is 10.3 Å². The Balaban J connectivity index is 1.83. The Morgan fingerprint density at radius 2 is 1.74 bits per heavy atom. The standard InChI is InChI=1S/C20H13F2N3O2/c21-13-2-1-3-14(22)18(13)15-8-16(19-17(25-15)9-23-20(19)27)24-12-6-4-11(10-26)5-7-12/h1-8,10H,9H2,(H,23,27)(H,24,25). The van der Waals surface area contributed by atoms with Gasteiger partial charge in [0.15, 0.2) is 0 Å². The smallest absolute Gasteiger partial charge is 0.255 e. The highest BCUT2D eigenvalue weighted by Crippen LogP contribution is 2.33. The number of benzene rings is 2. The molecule has 1 aromatic heterocycles. The van der Waals surface area contributed by atoms with Crippen LogP contribution in [-0.4, -0.2) is 17.2 Å². The number of hydrogen-bond donors (Lipinski definition) is 2. The molecule has 4 rings (SSSR count). The topological polar surface area (TPSA) is 71.1 Å². The van der Waals surface area contributed by atoms with E-state index in [1.54, 1.807) is 24.3 Å². The third-order valence-electron chi connectivity index (χ3n) is 4.28. The van der Waals surface area contributed by atoms with Gasteiger partial charge in [0.2, 0.25) is 0 Å². The molecule has 27 heavy (non-hydrogen) atoms. The van der Waals surface area contributed by atoms with Gasteiger partial charge in [0.1, 0.15) is 17.9 Å². The first-order valence-corrected chi connectivity index (χ1v) is 8.15. The van der Waals surface area contributed by atoms with Crippen molar-refractivity contribution in [3.8, 4) is 11.3 Å². The fourth-order valence-corrected chi connectivity index (χ4v) is 3.00. The van der Waals surface area contributed by atoms with Crippen LogP contribution in [0.2, 0.25) is 0 Å². The summed E-state index contributed by atoms with van der Waals surface area (Å²) in [7, 11) is 0. The maximum Gasteiger partial charge on any atom is 0.255 e. The molecule has 0 fully saturated rings. The van der Waals surface area contributed by atoms with Gasteiger partial charge in [-0.05, 0) is 42.5 Å². The number of aldehydes is 1. The molecule has 0 bridgehead atoms. The van der Waals surface area contributed by atoms with Gasteiger partial charge in [0, 0.05) is 11.3 Å². The van der Waals surface area contributed by atoms with Crippen LogP contribution < -0.4 is 10.6 Å². The normalized spacial score (nSPS) is 12.4. The SMILES string of the molecule is O=Cc1ccc(Nc2cc(-c3c(F)cccc3F)nc3c2C(=O)NC3)cc1. The quantitative estimate of drug-likeness (QED) is 0.690. The summed E-state index contributed by atoms with van der Waals surface area (Å²) in [6.07, 6.45) is 0.723. The number of amides is 1. The maximum absolute atomic E-state index is 14.2. The zero-order chi connectivity index (χ0) is 19.0. The molecule has 134 valence electrons. The van der Waals surface area contributed by atoms with E-state index in [-0.39, 0.29) is 23.7 Å². The van der Waals surface area contributed by atoms with Crippen molar-refractivity contribution in [2.45, 2.75) is 6.54 Å². The highest BCUT2D eigenvalue weighted by Gasteiger charge is 2.27. The Hall–Kier alpha value is -3.61. The third kappa shape index (κ3) is 3.03. The summed E-state index contributed by atoms with van der Waals surface area (Å²) >= 11 is 0. The van der Waals surface area contributed by atoms with Crippen LogP contribution in [0.25, 0.3) is 11.3 Å². The summed E-state index contributed by atoms with van der Waals surface area (Å²) in [5.74, 6) is -1.79. The van der Waals surface area contributed by atoms with E-state index in [4.69, 9.17) is 0 Å². The monoisotopic (exact) mass is 365 g/mol. The molecule has 2 N–H and O–H groups in total. The lowest BCUT2D eigenvalue weighted by atomic mass is 10.1. The van der Waals surface area contributed by atoms with Crippen molar-refractivity contribution < 1.29 is 18.4 Å². The van der Waals surface area contributed by atoms with Gasteiger partial charge in [0.05, 0.1) is 34.7 Å². The molecule has 2 heterocycles. The molecular formula is C20H13F2N3O2. The number of carbonyl (C=O) groups is 2. The average molecular weight is 365 g/mol. The first-order valence-electron chi connectivity index (χ1n) is 8.15. The minimum Gasteiger partial charge on any atom is -0.355 e. The summed E-state index contributed by atoms with van der Waals surface area (Å²) in [4.78, 5) is 27.2. The predicted octanol–water partition coefficient (Wildman–Crippen LogP) is 3.83. The lowest BCUT2D eigenvalue weighted by Crippen LogP contribution is -2.13. The fraction of sp³-hybridized carbons (Fsp3) is 0.0500. The lowest BCUT2D eigenvalue weighted by Gasteiger charge is -2.13. The number of aromatic nitrogens is 1. The number of pyridine rings is 1. The molecule has 1 amide bonds. The van der Waals surface area contributed by atoms with Crippen LogP contribution in [0.3, 0.4) is 0 Å². The molecule has 5 nitrogen and oxygen atoms in total. The van der Waals surface area contributed by atoms with Crippen LogP contribution >= 0.6 is 0 Å². The number of halogens is 2. The summed E-state index contributed by atoms with van der Waals surface area (Å²) in [5, 5.41) is 5.74. The van der Waals surface area contributed by atoms with E-state index < -0.39 is 11.6 Å². The molecule has 0 atom stereocenters. The molecule has 0 saturated carbocycles. The number of fused-ring (bicyclic) bond motifs is 1. The van der Waals surface area contributed by atoms with Crippen LogP contribution in [0.1, 0.15) is 26.4 Å². The van der Waals surface area contributed by atoms with Crippen molar-refractivity contribution in [2.24, 2.45) is 0 Å². The zero-order valence-corrected chi connectivity index (χ0v) is 13.9. The summed E-state index contributed by atoms with van der Waals surface area (Å²) in [5.41, 5.74) is 2.08. The highest BCUT2D eigenvalue weighted by molar-refractivity contribution is 6.04. The van der Waals surface area contributed by atoms with Gasteiger partial charge in [-0.3, -0.25) is 9.59 Å². The highest BCUT2D eigenvalue weighted by atomic mass is 19.1. The minimum atomic E-state index is -0.735. The van der Waals surface area contributed by atoms with Gasteiger partial charge < -0.3 is 10.6 Å². The van der Waals surface area contributed by atoms with Crippen LogP contribution in [-0.2, 0) is 6.54 Å². The molecule has 7 heteroatoms. The molecule has 0 aliphatic carbocycles. The van der Waals surface area contributed by atoms with Gasteiger partial charge in [-0.25, -0.2) is 13.8 Å². The Bertz CT molecular complexity index is 1050. The second kappa shape index (κ2) is 6.60. The van der Waals surface area contributed by atoms with E-state index in [0.717, 1.165) is 18.4 Å². The largest absolute Gasteiger partial charge is 0.355 e. The Labute approximate surface area is 153 Å². The number of nitrogens with one attached hydrogen (secondary N) is 2. The van der Waals surface area contributed by atoms with Crippen molar-refractivity contribution in [2.75, 3.05) is 5.32 Å². The van der Waals surface area contributed by atoms with Gasteiger partial charge in [-0.1, -0.05) is 6.07 Å². The van der Waals surface area contributed by atoms with E-state index in [2.05, 4.69) is 15.6 Å². The van der Waals surface area contributed by atoms with E-state index in [1.807, 2.05) is 0 Å². The van der Waals surface area contributed by atoms with Crippen molar-refractivity contribution >= 4 is 23.6 Å². The summed E-state index contributed by atoms with van der Waals surface area (Å²) in [6, 6.07) is 11.6. The number of rotatable bonds is 4. The van der Waals surface area contributed by atoms with Gasteiger partial charge in [-0.15, -0.1) is 0 Å². The number of carbonyl (C=O) groups excluding carboxylic acids is 2. The summed E-state index contributed by atoms with van der Waals surface area (Å²) in [6.45, 7) is 0.177.